The first-order valence-electron chi connectivity index (χ1n) is 7.69. The summed E-state index contributed by atoms with van der Waals surface area (Å²) in [7, 11) is 0. The Hall–Kier alpha value is -2.38. The highest BCUT2D eigenvalue weighted by molar-refractivity contribution is 6.30. The standard InChI is InChI=1S/C21H15ClO/c22-16-12-10-15(11-13-16)20-19(14-6-2-1-3-7-14)17-8-4-5-9-18(17)21(20)23/h1-13,19-20H/t19-,20+/m0/s1. The van der Waals surface area contributed by atoms with Crippen molar-refractivity contribution in [3.05, 3.63) is 106 Å². The Balaban J connectivity index is 1.90. The van der Waals surface area contributed by atoms with Crippen LogP contribution in [0, 0.1) is 0 Å². The van der Waals surface area contributed by atoms with Gasteiger partial charge in [-0.25, -0.2) is 0 Å². The molecule has 1 aliphatic rings. The largest absolute Gasteiger partial charge is 0.293 e. The molecule has 2 atom stereocenters. The minimum absolute atomic E-state index is 0.0566. The van der Waals surface area contributed by atoms with Crippen molar-refractivity contribution in [1.82, 2.24) is 0 Å². The van der Waals surface area contributed by atoms with Gasteiger partial charge in [0, 0.05) is 16.5 Å². The summed E-state index contributed by atoms with van der Waals surface area (Å²) < 4.78 is 0. The minimum Gasteiger partial charge on any atom is -0.293 e. The van der Waals surface area contributed by atoms with Crippen LogP contribution in [0.2, 0.25) is 5.02 Å². The van der Waals surface area contributed by atoms with Gasteiger partial charge in [-0.1, -0.05) is 78.3 Å². The maximum absolute atomic E-state index is 13.0. The smallest absolute Gasteiger partial charge is 0.171 e. The number of carbonyl (C=O) groups excluding carboxylic acids is 1. The van der Waals surface area contributed by atoms with E-state index in [1.807, 2.05) is 60.7 Å². The fourth-order valence-corrected chi connectivity index (χ4v) is 3.66. The zero-order valence-corrected chi connectivity index (χ0v) is 13.2. The second-order valence-electron chi connectivity index (χ2n) is 5.87. The Labute approximate surface area is 140 Å². The zero-order chi connectivity index (χ0) is 15.8. The summed E-state index contributed by atoms with van der Waals surface area (Å²) in [5.74, 6) is 0.0601. The monoisotopic (exact) mass is 318 g/mol. The van der Waals surface area contributed by atoms with Crippen molar-refractivity contribution in [3.8, 4) is 0 Å². The van der Waals surface area contributed by atoms with E-state index in [1.54, 1.807) is 0 Å². The van der Waals surface area contributed by atoms with Crippen LogP contribution in [0.15, 0.2) is 78.9 Å². The average molecular weight is 319 g/mol. The third-order valence-corrected chi connectivity index (χ3v) is 4.82. The molecule has 4 rings (SSSR count). The van der Waals surface area contributed by atoms with Crippen LogP contribution in [0.1, 0.15) is 38.9 Å². The van der Waals surface area contributed by atoms with Gasteiger partial charge in [0.2, 0.25) is 0 Å². The van der Waals surface area contributed by atoms with Crippen LogP contribution in [0.3, 0.4) is 0 Å². The summed E-state index contributed by atoms with van der Waals surface area (Å²) >= 11 is 6.01. The lowest BCUT2D eigenvalue weighted by Crippen LogP contribution is -2.12. The summed E-state index contributed by atoms with van der Waals surface area (Å²) in [5, 5.41) is 0.688. The lowest BCUT2D eigenvalue weighted by molar-refractivity contribution is 0.0968. The van der Waals surface area contributed by atoms with Crippen LogP contribution in [0.4, 0.5) is 0 Å². The van der Waals surface area contributed by atoms with Gasteiger partial charge in [0.1, 0.15) is 0 Å². The Morgan fingerprint density at radius 2 is 1.26 bits per heavy atom. The predicted octanol–water partition coefficient (Wildman–Crippen LogP) is 5.45. The normalized spacial score (nSPS) is 19.6. The molecule has 0 spiro atoms. The van der Waals surface area contributed by atoms with Crippen molar-refractivity contribution in [3.63, 3.8) is 0 Å². The van der Waals surface area contributed by atoms with Crippen LogP contribution in [-0.2, 0) is 0 Å². The molecule has 0 bridgehead atoms. The first-order chi connectivity index (χ1) is 11.3. The minimum atomic E-state index is -0.188. The molecule has 0 unspecified atom stereocenters. The molecule has 0 amide bonds. The fraction of sp³-hybridized carbons (Fsp3) is 0.0952. The molecule has 0 aromatic heterocycles. The second-order valence-corrected chi connectivity index (χ2v) is 6.31. The Kier molecular flexibility index (Phi) is 3.51. The van der Waals surface area contributed by atoms with Crippen molar-refractivity contribution in [1.29, 1.82) is 0 Å². The summed E-state index contributed by atoms with van der Waals surface area (Å²) in [6.07, 6.45) is 0. The van der Waals surface area contributed by atoms with Gasteiger partial charge in [0.15, 0.2) is 5.78 Å². The van der Waals surface area contributed by atoms with Crippen molar-refractivity contribution in [2.75, 3.05) is 0 Å². The molecule has 0 fully saturated rings. The van der Waals surface area contributed by atoms with Crippen molar-refractivity contribution in [2.24, 2.45) is 0 Å². The van der Waals surface area contributed by atoms with Gasteiger partial charge in [-0.3, -0.25) is 4.79 Å². The van der Waals surface area contributed by atoms with Gasteiger partial charge in [-0.2, -0.15) is 0 Å². The average Bonchev–Trinajstić information content (AvgIpc) is 2.90. The Bertz CT molecular complexity index is 853. The fourth-order valence-electron chi connectivity index (χ4n) is 3.54. The molecule has 0 heterocycles. The quantitative estimate of drug-likeness (QED) is 0.614. The van der Waals surface area contributed by atoms with E-state index in [9.17, 15) is 4.79 Å². The topological polar surface area (TPSA) is 17.1 Å². The van der Waals surface area contributed by atoms with Crippen LogP contribution < -0.4 is 0 Å². The lowest BCUT2D eigenvalue weighted by Gasteiger charge is -2.20. The van der Waals surface area contributed by atoms with Gasteiger partial charge in [0.05, 0.1) is 5.92 Å². The van der Waals surface area contributed by atoms with E-state index in [0.717, 1.165) is 16.7 Å². The lowest BCUT2D eigenvalue weighted by atomic mass is 9.81. The first-order valence-corrected chi connectivity index (χ1v) is 8.07. The second kappa shape index (κ2) is 5.68. The Morgan fingerprint density at radius 3 is 2.00 bits per heavy atom. The summed E-state index contributed by atoms with van der Waals surface area (Å²) in [6.45, 7) is 0. The maximum Gasteiger partial charge on any atom is 0.171 e. The van der Waals surface area contributed by atoms with Crippen molar-refractivity contribution < 1.29 is 4.79 Å². The van der Waals surface area contributed by atoms with E-state index in [4.69, 9.17) is 11.6 Å². The first kappa shape index (κ1) is 14.2. The number of carbonyl (C=O) groups is 1. The third-order valence-electron chi connectivity index (χ3n) is 4.56. The number of benzene rings is 3. The Morgan fingerprint density at radius 1 is 0.652 bits per heavy atom. The SMILES string of the molecule is O=C1c2ccccc2[C@H](c2ccccc2)[C@H]1c1ccc(Cl)cc1. The van der Waals surface area contributed by atoms with E-state index in [0.29, 0.717) is 5.02 Å². The summed E-state index contributed by atoms with van der Waals surface area (Å²) in [4.78, 5) is 13.0. The van der Waals surface area contributed by atoms with E-state index >= 15 is 0 Å². The third kappa shape index (κ3) is 2.38. The molecule has 0 N–H and O–H groups in total. The van der Waals surface area contributed by atoms with Crippen LogP contribution in [0.25, 0.3) is 0 Å². The molecule has 0 radical (unpaired) electrons. The van der Waals surface area contributed by atoms with Gasteiger partial charge in [-0.15, -0.1) is 0 Å². The summed E-state index contributed by atoms with van der Waals surface area (Å²) in [5.41, 5.74) is 4.14. The molecule has 112 valence electrons. The molecule has 23 heavy (non-hydrogen) atoms. The zero-order valence-electron chi connectivity index (χ0n) is 12.4. The number of ketones is 1. The van der Waals surface area contributed by atoms with Crippen LogP contribution >= 0.6 is 11.6 Å². The van der Waals surface area contributed by atoms with Gasteiger partial charge in [0.25, 0.3) is 0 Å². The number of rotatable bonds is 2. The number of halogens is 1. The molecule has 2 heteroatoms. The molecule has 0 aliphatic heterocycles. The molecule has 3 aromatic carbocycles. The van der Waals surface area contributed by atoms with E-state index in [-0.39, 0.29) is 17.6 Å². The molecule has 0 saturated carbocycles. The van der Waals surface area contributed by atoms with E-state index < -0.39 is 0 Å². The molecular weight excluding hydrogens is 304 g/mol. The van der Waals surface area contributed by atoms with Crippen molar-refractivity contribution in [2.45, 2.75) is 11.8 Å². The number of Topliss-reactive ketones (excluding diaryl/α,β-unsaturated/α-hetero) is 1. The van der Waals surface area contributed by atoms with Crippen molar-refractivity contribution >= 4 is 17.4 Å². The van der Waals surface area contributed by atoms with E-state index in [2.05, 4.69) is 18.2 Å². The molecule has 1 nitrogen and oxygen atoms in total. The highest BCUT2D eigenvalue weighted by Crippen LogP contribution is 2.47. The van der Waals surface area contributed by atoms with Gasteiger partial charge in [-0.05, 0) is 28.8 Å². The number of fused-ring (bicyclic) bond motifs is 1. The highest BCUT2D eigenvalue weighted by atomic mass is 35.5. The molecule has 3 aromatic rings. The van der Waals surface area contributed by atoms with Crippen LogP contribution in [-0.4, -0.2) is 5.78 Å². The van der Waals surface area contributed by atoms with Gasteiger partial charge < -0.3 is 0 Å². The number of hydrogen-bond acceptors (Lipinski definition) is 1. The summed E-state index contributed by atoms with van der Waals surface area (Å²) in [6, 6.07) is 25.8. The predicted molar refractivity (Wildman–Crippen MR) is 93.3 cm³/mol. The maximum atomic E-state index is 13.0. The highest BCUT2D eigenvalue weighted by Gasteiger charge is 2.41. The molecular formula is C21H15ClO. The number of hydrogen-bond donors (Lipinski definition) is 0. The molecule has 1 aliphatic carbocycles. The van der Waals surface area contributed by atoms with Crippen LogP contribution in [0.5, 0.6) is 0 Å². The van der Waals surface area contributed by atoms with Gasteiger partial charge >= 0.3 is 0 Å². The molecule has 0 saturated heterocycles. The van der Waals surface area contributed by atoms with E-state index in [1.165, 1.54) is 5.56 Å².